The summed E-state index contributed by atoms with van der Waals surface area (Å²) in [6.45, 7) is 2.42. The molecule has 3 rings (SSSR count). The standard InChI is InChI=1S/C17H17N3O2/c1-12-2-4-15(5-3-12)20-11-13(10-16(20)21)17(22)19-14-6-8-18-9-7-14/h2-9,13H,10-11H2,1H3,(H,18,19,22)/t13-/m1/s1. The van der Waals surface area contributed by atoms with Gasteiger partial charge in [0.2, 0.25) is 11.8 Å². The Hall–Kier alpha value is -2.69. The lowest BCUT2D eigenvalue weighted by molar-refractivity contribution is -0.122. The lowest BCUT2D eigenvalue weighted by atomic mass is 10.1. The summed E-state index contributed by atoms with van der Waals surface area (Å²) < 4.78 is 0. The highest BCUT2D eigenvalue weighted by molar-refractivity contribution is 6.03. The molecule has 1 N–H and O–H groups in total. The molecule has 0 bridgehead atoms. The quantitative estimate of drug-likeness (QED) is 0.945. The van der Waals surface area contributed by atoms with Crippen LogP contribution in [0.3, 0.4) is 0 Å². The second kappa shape index (κ2) is 5.97. The molecule has 1 fully saturated rings. The summed E-state index contributed by atoms with van der Waals surface area (Å²) in [4.78, 5) is 30.0. The molecule has 2 aromatic rings. The smallest absolute Gasteiger partial charge is 0.229 e. The molecular formula is C17H17N3O2. The van der Waals surface area contributed by atoms with E-state index in [1.807, 2.05) is 31.2 Å². The third kappa shape index (κ3) is 2.98. The predicted molar refractivity (Wildman–Crippen MR) is 84.5 cm³/mol. The molecule has 1 atom stereocenters. The van der Waals surface area contributed by atoms with E-state index in [0.29, 0.717) is 12.2 Å². The highest BCUT2D eigenvalue weighted by Crippen LogP contribution is 2.26. The SMILES string of the molecule is Cc1ccc(N2C[C@H](C(=O)Nc3ccncc3)CC2=O)cc1. The van der Waals surface area contributed by atoms with E-state index in [4.69, 9.17) is 0 Å². The lowest BCUT2D eigenvalue weighted by Gasteiger charge is -2.17. The molecule has 22 heavy (non-hydrogen) atoms. The van der Waals surface area contributed by atoms with E-state index in [1.54, 1.807) is 29.4 Å². The van der Waals surface area contributed by atoms with Crippen LogP contribution in [0.25, 0.3) is 0 Å². The van der Waals surface area contributed by atoms with Crippen LogP contribution in [0.2, 0.25) is 0 Å². The van der Waals surface area contributed by atoms with E-state index in [0.717, 1.165) is 11.3 Å². The molecule has 1 aromatic carbocycles. The Kier molecular flexibility index (Phi) is 3.87. The zero-order valence-electron chi connectivity index (χ0n) is 12.3. The maximum Gasteiger partial charge on any atom is 0.229 e. The van der Waals surface area contributed by atoms with Gasteiger partial charge in [-0.15, -0.1) is 0 Å². The normalized spacial score (nSPS) is 17.6. The number of aryl methyl sites for hydroxylation is 1. The second-order valence-electron chi connectivity index (χ2n) is 5.47. The second-order valence-corrected chi connectivity index (χ2v) is 5.47. The van der Waals surface area contributed by atoms with Gasteiger partial charge in [-0.25, -0.2) is 0 Å². The summed E-state index contributed by atoms with van der Waals surface area (Å²) in [7, 11) is 0. The Morgan fingerprint density at radius 1 is 1.18 bits per heavy atom. The molecule has 5 heteroatoms. The number of carbonyl (C=O) groups excluding carboxylic acids is 2. The maximum absolute atomic E-state index is 12.3. The van der Waals surface area contributed by atoms with Crippen molar-refractivity contribution in [1.82, 2.24) is 4.98 Å². The van der Waals surface area contributed by atoms with Crippen LogP contribution in [0, 0.1) is 12.8 Å². The first-order valence-corrected chi connectivity index (χ1v) is 7.21. The van der Waals surface area contributed by atoms with Crippen LogP contribution in [0.4, 0.5) is 11.4 Å². The first-order valence-electron chi connectivity index (χ1n) is 7.21. The average Bonchev–Trinajstić information content (AvgIpc) is 2.91. The van der Waals surface area contributed by atoms with Crippen LogP contribution in [0.15, 0.2) is 48.8 Å². The van der Waals surface area contributed by atoms with Crippen molar-refractivity contribution in [3.63, 3.8) is 0 Å². The fourth-order valence-corrected chi connectivity index (χ4v) is 2.54. The summed E-state index contributed by atoms with van der Waals surface area (Å²) in [5.41, 5.74) is 2.68. The minimum atomic E-state index is -0.332. The Labute approximate surface area is 129 Å². The van der Waals surface area contributed by atoms with Gasteiger partial charge in [0.1, 0.15) is 0 Å². The number of hydrogen-bond donors (Lipinski definition) is 1. The van der Waals surface area contributed by atoms with Crippen LogP contribution in [-0.2, 0) is 9.59 Å². The van der Waals surface area contributed by atoms with Crippen molar-refractivity contribution in [3.05, 3.63) is 54.4 Å². The molecule has 0 saturated carbocycles. The molecule has 0 unspecified atom stereocenters. The first kappa shape index (κ1) is 14.3. The molecule has 1 aliphatic rings. The number of amides is 2. The number of nitrogens with one attached hydrogen (secondary N) is 1. The Morgan fingerprint density at radius 3 is 2.55 bits per heavy atom. The number of rotatable bonds is 3. The lowest BCUT2D eigenvalue weighted by Crippen LogP contribution is -2.28. The van der Waals surface area contributed by atoms with Gasteiger partial charge in [-0.05, 0) is 31.2 Å². The third-order valence-electron chi connectivity index (χ3n) is 3.79. The summed E-state index contributed by atoms with van der Waals surface area (Å²) in [5.74, 6) is -0.477. The van der Waals surface area contributed by atoms with E-state index in [1.165, 1.54) is 0 Å². The molecule has 2 heterocycles. The van der Waals surface area contributed by atoms with Crippen molar-refractivity contribution in [1.29, 1.82) is 0 Å². The fraction of sp³-hybridized carbons (Fsp3) is 0.235. The molecule has 1 aliphatic heterocycles. The average molecular weight is 295 g/mol. The van der Waals surface area contributed by atoms with Gasteiger partial charge >= 0.3 is 0 Å². The van der Waals surface area contributed by atoms with E-state index in [-0.39, 0.29) is 24.2 Å². The van der Waals surface area contributed by atoms with Crippen LogP contribution in [0.5, 0.6) is 0 Å². The van der Waals surface area contributed by atoms with Gasteiger partial charge in [-0.3, -0.25) is 14.6 Å². The molecule has 5 nitrogen and oxygen atoms in total. The van der Waals surface area contributed by atoms with Gasteiger partial charge in [0, 0.05) is 36.7 Å². The van der Waals surface area contributed by atoms with Crippen molar-refractivity contribution in [2.24, 2.45) is 5.92 Å². The summed E-state index contributed by atoms with van der Waals surface area (Å²) >= 11 is 0. The van der Waals surface area contributed by atoms with E-state index >= 15 is 0 Å². The van der Waals surface area contributed by atoms with Crippen LogP contribution < -0.4 is 10.2 Å². The molecular weight excluding hydrogens is 278 g/mol. The minimum absolute atomic E-state index is 0.0151. The van der Waals surface area contributed by atoms with Gasteiger partial charge < -0.3 is 10.2 Å². The first-order chi connectivity index (χ1) is 10.6. The predicted octanol–water partition coefficient (Wildman–Crippen LogP) is 2.38. The number of nitrogens with zero attached hydrogens (tertiary/aromatic N) is 2. The maximum atomic E-state index is 12.3. The Bertz CT molecular complexity index is 683. The molecule has 1 aromatic heterocycles. The molecule has 1 saturated heterocycles. The molecule has 2 amide bonds. The zero-order chi connectivity index (χ0) is 15.5. The van der Waals surface area contributed by atoms with Gasteiger partial charge in [-0.1, -0.05) is 17.7 Å². The van der Waals surface area contributed by atoms with E-state index in [2.05, 4.69) is 10.3 Å². The number of pyridine rings is 1. The monoisotopic (exact) mass is 295 g/mol. The number of hydrogen-bond acceptors (Lipinski definition) is 3. The number of anilines is 2. The van der Waals surface area contributed by atoms with Crippen molar-refractivity contribution >= 4 is 23.2 Å². The number of carbonyl (C=O) groups is 2. The Morgan fingerprint density at radius 2 is 1.86 bits per heavy atom. The van der Waals surface area contributed by atoms with Crippen molar-refractivity contribution in [3.8, 4) is 0 Å². The van der Waals surface area contributed by atoms with E-state index < -0.39 is 0 Å². The topological polar surface area (TPSA) is 62.3 Å². The van der Waals surface area contributed by atoms with Crippen molar-refractivity contribution in [2.75, 3.05) is 16.8 Å². The fourth-order valence-electron chi connectivity index (χ4n) is 2.54. The summed E-state index contributed by atoms with van der Waals surface area (Å²) in [5, 5.41) is 2.83. The zero-order valence-corrected chi connectivity index (χ0v) is 12.3. The van der Waals surface area contributed by atoms with Gasteiger partial charge in [-0.2, -0.15) is 0 Å². The van der Waals surface area contributed by atoms with Crippen molar-refractivity contribution in [2.45, 2.75) is 13.3 Å². The number of aromatic nitrogens is 1. The molecule has 0 spiro atoms. The van der Waals surface area contributed by atoms with Crippen molar-refractivity contribution < 1.29 is 9.59 Å². The largest absolute Gasteiger partial charge is 0.326 e. The van der Waals surface area contributed by atoms with Crippen LogP contribution in [0.1, 0.15) is 12.0 Å². The Balaban J connectivity index is 1.69. The minimum Gasteiger partial charge on any atom is -0.326 e. The van der Waals surface area contributed by atoms with Gasteiger partial charge in [0.05, 0.1) is 5.92 Å². The summed E-state index contributed by atoms with van der Waals surface area (Å²) in [6, 6.07) is 11.2. The van der Waals surface area contributed by atoms with Gasteiger partial charge in [0.15, 0.2) is 0 Å². The van der Waals surface area contributed by atoms with E-state index in [9.17, 15) is 9.59 Å². The highest BCUT2D eigenvalue weighted by Gasteiger charge is 2.35. The van der Waals surface area contributed by atoms with Crippen LogP contribution in [-0.4, -0.2) is 23.3 Å². The van der Waals surface area contributed by atoms with Gasteiger partial charge in [0.25, 0.3) is 0 Å². The summed E-state index contributed by atoms with van der Waals surface area (Å²) in [6.07, 6.45) is 3.48. The molecule has 0 radical (unpaired) electrons. The molecule has 112 valence electrons. The van der Waals surface area contributed by atoms with Crippen LogP contribution >= 0.6 is 0 Å². The molecule has 0 aliphatic carbocycles. The number of benzene rings is 1. The third-order valence-corrected chi connectivity index (χ3v) is 3.79. The highest BCUT2D eigenvalue weighted by atomic mass is 16.2.